The average molecular weight is 299 g/mol. The van der Waals surface area contributed by atoms with Crippen LogP contribution in [-0.4, -0.2) is 37.7 Å². The zero-order valence-corrected chi connectivity index (χ0v) is 12.6. The molecule has 2 rings (SSSR count). The molecule has 0 amide bonds. The highest BCUT2D eigenvalue weighted by atomic mass is 32.2. The summed E-state index contributed by atoms with van der Waals surface area (Å²) in [7, 11) is -1.57. The van der Waals surface area contributed by atoms with E-state index in [-0.39, 0.29) is 5.75 Å². The summed E-state index contributed by atoms with van der Waals surface area (Å²) in [6.45, 7) is 2.45. The van der Waals surface area contributed by atoms with E-state index in [0.717, 1.165) is 35.9 Å². The SMILES string of the molecule is CNc1nc(C2CC2)nc(NCCCS(N)(=O)=O)c1C. The van der Waals surface area contributed by atoms with E-state index in [1.165, 1.54) is 0 Å². The van der Waals surface area contributed by atoms with Crippen molar-refractivity contribution >= 4 is 21.7 Å². The fraction of sp³-hybridized carbons (Fsp3) is 0.667. The second-order valence-electron chi connectivity index (χ2n) is 5.08. The molecule has 0 radical (unpaired) electrons. The summed E-state index contributed by atoms with van der Waals surface area (Å²) in [4.78, 5) is 9.04. The highest BCUT2D eigenvalue weighted by molar-refractivity contribution is 7.89. The first-order valence-corrected chi connectivity index (χ1v) is 8.43. The van der Waals surface area contributed by atoms with E-state index in [1.807, 2.05) is 14.0 Å². The molecule has 0 saturated heterocycles. The lowest BCUT2D eigenvalue weighted by molar-refractivity contribution is 0.595. The Morgan fingerprint density at radius 1 is 1.30 bits per heavy atom. The van der Waals surface area contributed by atoms with Crippen LogP contribution in [0.3, 0.4) is 0 Å². The topological polar surface area (TPSA) is 110 Å². The number of nitrogens with zero attached hydrogens (tertiary/aromatic N) is 2. The molecule has 1 aromatic rings. The second-order valence-corrected chi connectivity index (χ2v) is 6.81. The van der Waals surface area contributed by atoms with Crippen molar-refractivity contribution < 1.29 is 8.42 Å². The molecule has 8 heteroatoms. The van der Waals surface area contributed by atoms with Crippen LogP contribution >= 0.6 is 0 Å². The summed E-state index contributed by atoms with van der Waals surface area (Å²) in [6, 6.07) is 0. The van der Waals surface area contributed by atoms with Gasteiger partial charge in [-0.05, 0) is 26.2 Å². The molecule has 20 heavy (non-hydrogen) atoms. The highest BCUT2D eigenvalue weighted by Gasteiger charge is 2.28. The van der Waals surface area contributed by atoms with Crippen molar-refractivity contribution in [3.8, 4) is 0 Å². The summed E-state index contributed by atoms with van der Waals surface area (Å²) in [5.74, 6) is 2.87. The summed E-state index contributed by atoms with van der Waals surface area (Å²) < 4.78 is 21.8. The molecule has 112 valence electrons. The van der Waals surface area contributed by atoms with E-state index < -0.39 is 10.0 Å². The van der Waals surface area contributed by atoms with Gasteiger partial charge >= 0.3 is 0 Å². The van der Waals surface area contributed by atoms with Crippen molar-refractivity contribution in [3.63, 3.8) is 0 Å². The largest absolute Gasteiger partial charge is 0.373 e. The Kier molecular flexibility index (Phi) is 4.44. The fourth-order valence-corrected chi connectivity index (χ4v) is 2.50. The van der Waals surface area contributed by atoms with Crippen LogP contribution in [0.1, 0.15) is 36.6 Å². The van der Waals surface area contributed by atoms with Gasteiger partial charge in [0.2, 0.25) is 10.0 Å². The van der Waals surface area contributed by atoms with E-state index in [1.54, 1.807) is 0 Å². The molecule has 7 nitrogen and oxygen atoms in total. The average Bonchev–Trinajstić information content (AvgIpc) is 3.19. The third-order valence-corrected chi connectivity index (χ3v) is 4.10. The number of nitrogens with two attached hydrogens (primary N) is 1. The Labute approximate surface area is 119 Å². The van der Waals surface area contributed by atoms with Gasteiger partial charge in [-0.15, -0.1) is 0 Å². The van der Waals surface area contributed by atoms with E-state index in [9.17, 15) is 8.42 Å². The minimum absolute atomic E-state index is 0.0293. The molecule has 0 aromatic carbocycles. The van der Waals surface area contributed by atoms with E-state index in [4.69, 9.17) is 5.14 Å². The number of anilines is 2. The first-order chi connectivity index (χ1) is 9.40. The van der Waals surface area contributed by atoms with Crippen molar-refractivity contribution in [2.24, 2.45) is 5.14 Å². The van der Waals surface area contributed by atoms with Gasteiger partial charge in [0.05, 0.1) is 5.75 Å². The minimum atomic E-state index is -3.40. The van der Waals surface area contributed by atoms with Gasteiger partial charge in [-0.25, -0.2) is 23.5 Å². The van der Waals surface area contributed by atoms with Crippen LogP contribution in [0.5, 0.6) is 0 Å². The monoisotopic (exact) mass is 299 g/mol. The molecule has 1 saturated carbocycles. The summed E-state index contributed by atoms with van der Waals surface area (Å²) in [5, 5.41) is 11.2. The van der Waals surface area contributed by atoms with Crippen LogP contribution in [0.15, 0.2) is 0 Å². The second kappa shape index (κ2) is 5.92. The Morgan fingerprint density at radius 3 is 2.50 bits per heavy atom. The first-order valence-electron chi connectivity index (χ1n) is 6.71. The summed E-state index contributed by atoms with van der Waals surface area (Å²) in [5.41, 5.74) is 0.938. The maximum atomic E-state index is 10.9. The summed E-state index contributed by atoms with van der Waals surface area (Å²) >= 11 is 0. The Morgan fingerprint density at radius 2 is 1.95 bits per heavy atom. The number of hydrogen-bond acceptors (Lipinski definition) is 6. The maximum absolute atomic E-state index is 10.9. The Hall–Kier alpha value is -1.41. The van der Waals surface area contributed by atoms with Gasteiger partial charge in [-0.2, -0.15) is 0 Å². The maximum Gasteiger partial charge on any atom is 0.209 e. The Bertz CT molecular complexity index is 584. The first kappa shape index (κ1) is 15.0. The molecule has 0 atom stereocenters. The molecule has 1 fully saturated rings. The van der Waals surface area contributed by atoms with Crippen molar-refractivity contribution in [1.82, 2.24) is 9.97 Å². The van der Waals surface area contributed by atoms with Crippen LogP contribution in [0.4, 0.5) is 11.6 Å². The van der Waals surface area contributed by atoms with E-state index in [2.05, 4.69) is 20.6 Å². The normalized spacial score (nSPS) is 15.2. The number of primary sulfonamides is 1. The highest BCUT2D eigenvalue weighted by Crippen LogP contribution is 2.39. The van der Waals surface area contributed by atoms with E-state index >= 15 is 0 Å². The molecule has 1 aliphatic rings. The van der Waals surface area contributed by atoms with Gasteiger partial charge in [0.15, 0.2) is 0 Å². The lowest BCUT2D eigenvalue weighted by atomic mass is 10.2. The number of aromatic nitrogens is 2. The molecule has 0 bridgehead atoms. The number of rotatable bonds is 7. The molecular weight excluding hydrogens is 278 g/mol. The molecule has 4 N–H and O–H groups in total. The minimum Gasteiger partial charge on any atom is -0.373 e. The third kappa shape index (κ3) is 4.04. The van der Waals surface area contributed by atoms with Gasteiger partial charge in [-0.3, -0.25) is 0 Å². The number of hydrogen-bond donors (Lipinski definition) is 3. The number of sulfonamides is 1. The van der Waals surface area contributed by atoms with Crippen LogP contribution in [0.25, 0.3) is 0 Å². The molecular formula is C12H21N5O2S. The molecule has 0 unspecified atom stereocenters. The van der Waals surface area contributed by atoms with Gasteiger partial charge in [0.25, 0.3) is 0 Å². The quantitative estimate of drug-likeness (QED) is 0.642. The lowest BCUT2D eigenvalue weighted by Crippen LogP contribution is -2.19. The van der Waals surface area contributed by atoms with Crippen LogP contribution in [-0.2, 0) is 10.0 Å². The lowest BCUT2D eigenvalue weighted by Gasteiger charge is -2.13. The zero-order valence-electron chi connectivity index (χ0n) is 11.8. The van der Waals surface area contributed by atoms with Crippen LogP contribution < -0.4 is 15.8 Å². The fourth-order valence-electron chi connectivity index (χ4n) is 1.95. The van der Waals surface area contributed by atoms with Crippen molar-refractivity contribution in [1.29, 1.82) is 0 Å². The molecule has 1 heterocycles. The smallest absolute Gasteiger partial charge is 0.209 e. The van der Waals surface area contributed by atoms with Crippen molar-refractivity contribution in [3.05, 3.63) is 11.4 Å². The van der Waals surface area contributed by atoms with Crippen LogP contribution in [0.2, 0.25) is 0 Å². The molecule has 1 aromatic heterocycles. The molecule has 0 spiro atoms. The van der Waals surface area contributed by atoms with Crippen molar-refractivity contribution in [2.75, 3.05) is 30.0 Å². The van der Waals surface area contributed by atoms with Gasteiger partial charge < -0.3 is 10.6 Å². The van der Waals surface area contributed by atoms with Crippen LogP contribution in [0, 0.1) is 6.92 Å². The van der Waals surface area contributed by atoms with Gasteiger partial charge in [-0.1, -0.05) is 0 Å². The van der Waals surface area contributed by atoms with E-state index in [0.29, 0.717) is 18.9 Å². The van der Waals surface area contributed by atoms with Gasteiger partial charge in [0.1, 0.15) is 17.5 Å². The summed E-state index contributed by atoms with van der Waals surface area (Å²) in [6.07, 6.45) is 2.73. The standard InChI is InChI=1S/C12H21N5O2S/c1-8-10(14-2)16-12(9-4-5-9)17-11(8)15-6-3-7-20(13,18)19/h9H,3-7H2,1-2H3,(H2,13,18,19)(H2,14,15,16,17). The predicted molar refractivity (Wildman–Crippen MR) is 79.4 cm³/mol. The van der Waals surface area contributed by atoms with Crippen molar-refractivity contribution in [2.45, 2.75) is 32.1 Å². The Balaban J connectivity index is 2.04. The molecule has 1 aliphatic carbocycles. The van der Waals surface area contributed by atoms with Gasteiger partial charge in [0, 0.05) is 25.1 Å². The predicted octanol–water partition coefficient (Wildman–Crippen LogP) is 0.795. The zero-order chi connectivity index (χ0) is 14.8. The number of nitrogens with one attached hydrogen (secondary N) is 2. The molecule has 0 aliphatic heterocycles. The third-order valence-electron chi connectivity index (χ3n) is 3.24.